The molecule has 816 valence electrons. The van der Waals surface area contributed by atoms with Gasteiger partial charge >= 0.3 is 72.4 Å². The smallest absolute Gasteiger partial charge is 0.395 e. The summed E-state index contributed by atoms with van der Waals surface area (Å²) in [6, 6.07) is -0.160. The number of nitrogens with zero attached hydrogens (tertiary/aromatic N) is 8. The first-order chi connectivity index (χ1) is 68.0. The van der Waals surface area contributed by atoms with E-state index in [0.717, 1.165) is 39.2 Å². The van der Waals surface area contributed by atoms with Gasteiger partial charge in [0.25, 0.3) is 94.5 Å². The first kappa shape index (κ1) is 119. The van der Waals surface area contributed by atoms with Crippen LogP contribution in [0.3, 0.4) is 0 Å². The van der Waals surface area contributed by atoms with Crippen molar-refractivity contribution in [3.63, 3.8) is 0 Å². The molecular weight excluding hydrogens is 2190 g/mol. The third-order valence-corrected chi connectivity index (χ3v) is 91.2. The van der Waals surface area contributed by atoms with Crippen molar-refractivity contribution in [3.05, 3.63) is 89.2 Å². The molecule has 8 bridgehead atoms. The topological polar surface area (TPSA) is 484 Å². The van der Waals surface area contributed by atoms with Gasteiger partial charge in [0, 0.05) is 142 Å². The summed E-state index contributed by atoms with van der Waals surface area (Å²) >= 11 is 0. The van der Waals surface area contributed by atoms with Gasteiger partial charge < -0.3 is 82.3 Å². The maximum Gasteiger partial charge on any atom is 0.651 e. The van der Waals surface area contributed by atoms with Crippen molar-refractivity contribution in [1.29, 1.82) is 0 Å². The van der Waals surface area contributed by atoms with Crippen molar-refractivity contribution in [2.45, 2.75) is 315 Å². The Kier molecular flexibility index (Phi) is 34.2. The molecule has 14 aliphatic rings. The van der Waals surface area contributed by atoms with Crippen LogP contribution < -0.4 is 0 Å². The van der Waals surface area contributed by atoms with Crippen molar-refractivity contribution in [1.82, 2.24) is 39.2 Å². The van der Waals surface area contributed by atoms with Gasteiger partial charge in [0.2, 0.25) is 0 Å². The molecule has 60 heteroatoms. The summed E-state index contributed by atoms with van der Waals surface area (Å²) in [5, 5.41) is 0. The standard InChI is InChI=1S/C88H144N8O36Si16/c1-57-58(2)74(98)89(73(57)97)41-33-49-133(17,18)113-141-121-142(114-134(19,20)50-34-42-90-75(99)59(3)60(4)76(90)100)124-145(117-137(25,26)53-37-45-93-81(105)65(9)66(10)82(93)106)126-143(122-141,115-135(21,22)51-35-43-91-77(101)61(5)62(6)78(91)102)128-147(119-139(29,30)55-39-47-95-85(109)69(13)70(14)86(95)110)129-144(123-141,116-136(23,24)52-36-44-92-79(103)63(7)64(8)80(92)104)127-146(125-142,118-138(27,28)54-38-46-94-83(107)67(11)68(12)84(94)108)131-148(130-145,132-147)120-140(31,32)56-40-48-96-87(111)71(15)72(16)88(96)112/h33-56H2,1-32H3. The van der Waals surface area contributed by atoms with E-state index in [1.165, 1.54) is 0 Å². The van der Waals surface area contributed by atoms with Crippen LogP contribution >= 0.6 is 0 Å². The van der Waals surface area contributed by atoms with E-state index in [1.54, 1.807) is 216 Å². The van der Waals surface area contributed by atoms with E-state index in [1.807, 2.05) is 0 Å². The maximum absolute atomic E-state index is 14.1. The molecule has 14 rings (SSSR count). The number of carbonyl (C=O) groups excluding carboxylic acids is 16. The van der Waals surface area contributed by atoms with E-state index < -0.39 is 233 Å². The first-order valence-electron chi connectivity index (χ1n) is 50.4. The normalized spacial score (nSPS) is 28.1. The molecule has 0 spiro atoms. The molecule has 0 N–H and O–H groups in total. The molecule has 0 unspecified atom stereocenters. The molecule has 0 saturated carbocycles. The van der Waals surface area contributed by atoms with Crippen LogP contribution in [0, 0.1) is 0 Å². The zero-order valence-corrected chi connectivity index (χ0v) is 107. The number of hydrogen-bond acceptors (Lipinski definition) is 36. The van der Waals surface area contributed by atoms with E-state index >= 15 is 0 Å². The minimum Gasteiger partial charge on any atom is -0.395 e. The Bertz CT molecular complexity index is 4620. The fraction of sp³-hybridized carbons (Fsp3) is 0.636. The molecular formula is C88H144N8O36Si16. The molecule has 148 heavy (non-hydrogen) atoms. The van der Waals surface area contributed by atoms with Crippen molar-refractivity contribution < 1.29 is 159 Å². The van der Waals surface area contributed by atoms with Crippen molar-refractivity contribution in [2.24, 2.45) is 0 Å². The molecule has 0 aromatic heterocycles. The number of imide groups is 8. The maximum atomic E-state index is 14.1. The average molecular weight is 2340 g/mol. The average Bonchev–Trinajstić information content (AvgIpc) is 0.734. The SMILES string of the molecule is CC1=C(C)C(=O)N(CCC[Si](C)(C)O[Si]23O[Si]4(O[Si](C)(C)CCCN5C(=O)C(C)=C(C)C5=O)O[Si]5(O[Si](C)(C)CCCN6C(=O)C(C)=C(C)C6=O)O[Si](O[Si](C)(C)CCCN6C(=O)C(C)=C(C)C6=O)(O2)O[Si]2(O[Si](C)(C)CCCN6C(=O)C(C)=C(C)C6=O)O[Si](O[Si](C)(C)CCCN6C(=O)C(C)=C(C)C6=O)(O3)O[Si](O[Si](C)(C)CCCN3C(=O)C(C)=C(C)C3=O)(O4)O[Si](O[Si](C)(C)CCCN3C(=O)C(C)=C(C)C3=O)(O5)O2)C1=O. The number of amides is 16. The second-order valence-corrected chi connectivity index (χ2v) is 102. The Morgan fingerprint density at radius 3 is 0.284 bits per heavy atom. The molecule has 14 heterocycles. The van der Waals surface area contributed by atoms with Crippen LogP contribution in [0.5, 0.6) is 0 Å². The number of carbonyl (C=O) groups is 16. The third-order valence-electron chi connectivity index (χ3n) is 29.1. The van der Waals surface area contributed by atoms with E-state index in [0.29, 0.717) is 0 Å². The fourth-order valence-corrected chi connectivity index (χ4v) is 93.1. The van der Waals surface area contributed by atoms with Crippen LogP contribution in [-0.4, -0.2) is 325 Å². The van der Waals surface area contributed by atoms with E-state index in [9.17, 15) is 76.7 Å². The summed E-state index contributed by atoms with van der Waals surface area (Å²) < 4.78 is 163. The predicted molar refractivity (Wildman–Crippen MR) is 564 cm³/mol. The summed E-state index contributed by atoms with van der Waals surface area (Å²) in [5.74, 6) is -8.42. The predicted octanol–water partition coefficient (Wildman–Crippen LogP) is 10.3. The van der Waals surface area contributed by atoms with Gasteiger partial charge in [0.1, 0.15) is 0 Å². The van der Waals surface area contributed by atoms with Crippen LogP contribution in [-0.2, 0) is 159 Å². The largest absolute Gasteiger partial charge is 0.651 e. The van der Waals surface area contributed by atoms with E-state index in [-0.39, 0.29) is 241 Å². The highest BCUT2D eigenvalue weighted by Gasteiger charge is 2.93. The lowest BCUT2D eigenvalue weighted by molar-refractivity contribution is -0.139. The fourth-order valence-electron chi connectivity index (χ4n) is 19.4. The highest BCUT2D eigenvalue weighted by atomic mass is 28.7. The zero-order chi connectivity index (χ0) is 110. The number of hydrogen-bond donors (Lipinski definition) is 0. The monoisotopic (exact) mass is 2340 g/mol. The van der Waals surface area contributed by atoms with Gasteiger partial charge in [-0.05, 0) is 315 Å². The Labute approximate surface area is 882 Å². The number of rotatable bonds is 48. The highest BCUT2D eigenvalue weighted by Crippen LogP contribution is 2.56. The molecule has 6 saturated heterocycles. The lowest BCUT2D eigenvalue weighted by atomic mass is 10.2. The molecule has 16 amide bonds. The van der Waals surface area contributed by atoms with Crippen LogP contribution in [0.4, 0.5) is 0 Å². The lowest BCUT2D eigenvalue weighted by Crippen LogP contribution is -2.93. The van der Waals surface area contributed by atoms with Crippen molar-refractivity contribution in [2.75, 3.05) is 52.4 Å². The minimum absolute atomic E-state index is 0.0200. The molecule has 0 aliphatic carbocycles. The van der Waals surface area contributed by atoms with E-state index in [2.05, 4.69) is 0 Å². The Hall–Kier alpha value is -6.29. The Morgan fingerprint density at radius 2 is 0.216 bits per heavy atom. The van der Waals surface area contributed by atoms with Gasteiger partial charge in [-0.25, -0.2) is 0 Å². The second kappa shape index (κ2) is 42.7. The molecule has 0 aromatic carbocycles. The Balaban J connectivity index is 1.12. The van der Waals surface area contributed by atoms with Crippen LogP contribution in [0.2, 0.25) is 153 Å². The Morgan fingerprint density at radius 1 is 0.149 bits per heavy atom. The summed E-state index contributed by atoms with van der Waals surface area (Å²) in [6.07, 6.45) is 0.227. The second-order valence-electron chi connectivity index (χ2n) is 45.0. The molecule has 6 fully saturated rings. The third kappa shape index (κ3) is 24.7. The summed E-state index contributed by atoms with van der Waals surface area (Å²) in [7, 11) is -83.4. The molecule has 0 radical (unpaired) electrons. The molecule has 0 aromatic rings. The summed E-state index contributed by atoms with van der Waals surface area (Å²) in [6.45, 7) is 51.7. The first-order valence-corrected chi connectivity index (χ1v) is 88.4. The highest BCUT2D eigenvalue weighted by molar-refractivity contribution is 7.05. The van der Waals surface area contributed by atoms with Gasteiger partial charge in [-0.3, -0.25) is 116 Å². The van der Waals surface area contributed by atoms with Crippen molar-refractivity contribution in [3.8, 4) is 0 Å². The van der Waals surface area contributed by atoms with E-state index in [4.69, 9.17) is 82.3 Å². The van der Waals surface area contributed by atoms with Crippen LogP contribution in [0.15, 0.2) is 89.2 Å². The quantitative estimate of drug-likeness (QED) is 0.0403. The minimum atomic E-state index is -6.35. The molecule has 14 aliphatic heterocycles. The van der Waals surface area contributed by atoms with Gasteiger partial charge in [0.05, 0.1) is 0 Å². The van der Waals surface area contributed by atoms with Gasteiger partial charge in [0.15, 0.2) is 66.5 Å². The van der Waals surface area contributed by atoms with Gasteiger partial charge in [-0.15, -0.1) is 0 Å². The van der Waals surface area contributed by atoms with Gasteiger partial charge in [-0.1, -0.05) is 0 Å². The lowest BCUT2D eigenvalue weighted by Gasteiger charge is -2.61. The van der Waals surface area contributed by atoms with Crippen molar-refractivity contribution >= 4 is 233 Å². The molecule has 0 atom stereocenters. The zero-order valence-electron chi connectivity index (χ0n) is 91.2. The van der Waals surface area contributed by atoms with Gasteiger partial charge in [-0.2, -0.15) is 0 Å². The summed E-state index contributed by atoms with van der Waals surface area (Å²) in [4.78, 5) is 235. The summed E-state index contributed by atoms with van der Waals surface area (Å²) in [5.41, 5.74) is 3.82. The van der Waals surface area contributed by atoms with Crippen LogP contribution in [0.1, 0.15) is 162 Å². The van der Waals surface area contributed by atoms with Crippen LogP contribution in [0.25, 0.3) is 0 Å². The molecule has 44 nitrogen and oxygen atoms in total.